The van der Waals surface area contributed by atoms with E-state index in [1.165, 1.54) is 89.1 Å². The van der Waals surface area contributed by atoms with Crippen LogP contribution in [0.15, 0.2) is 95.4 Å². The minimum Gasteiger partial charge on any atom is -0.477 e. The Hall–Kier alpha value is -7.28. The smallest absolute Gasteiger partial charge is 0.352 e. The van der Waals surface area contributed by atoms with Gasteiger partial charge < -0.3 is 43.2 Å². The second-order valence-electron chi connectivity index (χ2n) is 26.6. The number of benzene rings is 3. The number of nitrogens with two attached hydrogens (primary N) is 1. The molecule has 18 heteroatoms. The van der Waals surface area contributed by atoms with Crippen LogP contribution in [0.3, 0.4) is 0 Å². The predicted octanol–water partition coefficient (Wildman–Crippen LogP) is 15.2. The quantitative estimate of drug-likeness (QED) is 0.116. The van der Waals surface area contributed by atoms with E-state index in [0.29, 0.717) is 42.6 Å². The maximum atomic E-state index is 13.6. The third-order valence-corrected chi connectivity index (χ3v) is 22.1. The third kappa shape index (κ3) is 11.8. The Bertz CT molecular complexity index is 4140. The number of allylic oxidation sites excluding steroid dienone is 1. The van der Waals surface area contributed by atoms with Crippen LogP contribution >= 0.6 is 12.4 Å². The van der Waals surface area contributed by atoms with E-state index in [1.807, 2.05) is 17.6 Å². The van der Waals surface area contributed by atoms with Gasteiger partial charge in [0.1, 0.15) is 23.1 Å². The van der Waals surface area contributed by atoms with Gasteiger partial charge >= 0.3 is 23.9 Å². The molecule has 0 radical (unpaired) electrons. The predicted molar refractivity (Wildman–Crippen MR) is 382 cm³/mol. The number of hydrogen-bond acceptors (Lipinski definition) is 13. The lowest BCUT2D eigenvalue weighted by molar-refractivity contribution is -0.146. The summed E-state index contributed by atoms with van der Waals surface area (Å²) in [6, 6.07) is 26.2. The summed E-state index contributed by atoms with van der Waals surface area (Å²) in [5.74, 6) is -0.760. The largest absolute Gasteiger partial charge is 0.477 e. The van der Waals surface area contributed by atoms with Crippen molar-refractivity contribution in [2.45, 2.75) is 178 Å². The third-order valence-electron chi connectivity index (χ3n) is 22.1. The molecule has 0 amide bonds. The molecule has 95 heavy (non-hydrogen) atoms. The number of aromatic nitrogens is 4. The Morgan fingerprint density at radius 3 is 1.40 bits per heavy atom. The number of carboxylic acid groups (broad SMARTS) is 1. The van der Waals surface area contributed by atoms with Crippen LogP contribution in [0.25, 0.3) is 49.8 Å². The molecule has 17 nitrogen and oxygen atoms in total. The molecule has 3 saturated heterocycles. The van der Waals surface area contributed by atoms with Crippen molar-refractivity contribution in [3.63, 3.8) is 0 Å². The minimum atomic E-state index is -0.812. The van der Waals surface area contributed by atoms with Gasteiger partial charge in [-0.15, -0.1) is 12.4 Å². The highest BCUT2D eigenvalue weighted by Gasteiger charge is 2.54. The average molecular weight is 1320 g/mol. The van der Waals surface area contributed by atoms with Crippen LogP contribution in [0, 0.1) is 29.1 Å². The van der Waals surface area contributed by atoms with Gasteiger partial charge in [0, 0.05) is 76.9 Å². The molecule has 0 saturated carbocycles. The summed E-state index contributed by atoms with van der Waals surface area (Å²) in [5, 5.41) is 13.8. The van der Waals surface area contributed by atoms with Crippen molar-refractivity contribution in [2.75, 3.05) is 60.6 Å². The molecule has 0 unspecified atom stereocenters. The molecule has 13 heterocycles. The number of aryl methyl sites for hydroxylation is 1. The molecule has 7 aromatic rings. The van der Waals surface area contributed by atoms with Gasteiger partial charge in [-0.1, -0.05) is 111 Å². The Balaban J connectivity index is 0.000000156. The number of aliphatic carboxylic acids is 1. The SMILES string of the molecule is C.C.CC[C@@]12C=C(C(=O)C[C@@H](C)C(=O)OC)n3c4c(c5ccccc53)CCN(CCC1)[C@H]42.CC[C@@]12C=C(C(=O)O)n3c4c(c5ccccc53)CCN(CCC1)[C@H]42.CC[C@@]12C=C(c3nc(C)c(OC)o3)n3c4c(c5ccccc53)CCN(CCC1)[C@H]42.COC(=O)[C@H](C)N.Cl.[2H]CC. The number of methoxy groups -OCH3 is 3. The summed E-state index contributed by atoms with van der Waals surface area (Å²) in [6.07, 6.45) is 20.3. The van der Waals surface area contributed by atoms with Crippen LogP contribution in [0.2, 0.25) is 0 Å². The van der Waals surface area contributed by atoms with Crippen LogP contribution in [0.5, 0.6) is 5.95 Å². The van der Waals surface area contributed by atoms with E-state index in [9.17, 15) is 24.3 Å². The van der Waals surface area contributed by atoms with Crippen molar-refractivity contribution < 1.29 is 44.3 Å². The molecule has 16 rings (SSSR count). The fourth-order valence-electron chi connectivity index (χ4n) is 17.9. The van der Waals surface area contributed by atoms with Gasteiger partial charge in [-0.25, -0.2) is 9.78 Å². The number of hydrogen-bond donors (Lipinski definition) is 2. The number of esters is 2. The second-order valence-corrected chi connectivity index (χ2v) is 26.6. The first-order valence-corrected chi connectivity index (χ1v) is 33.7. The van der Waals surface area contributed by atoms with E-state index in [4.69, 9.17) is 26.0 Å². The molecule has 512 valence electrons. The summed E-state index contributed by atoms with van der Waals surface area (Å²) < 4.78 is 33.5. The molecule has 3 fully saturated rings. The molecule has 4 aromatic heterocycles. The lowest BCUT2D eigenvalue weighted by Gasteiger charge is -2.53. The number of nitrogens with zero attached hydrogens (tertiary/aromatic N) is 7. The van der Waals surface area contributed by atoms with Crippen LogP contribution in [0.4, 0.5) is 0 Å². The number of rotatable bonds is 11. The molecule has 3 aromatic carbocycles. The van der Waals surface area contributed by atoms with Crippen molar-refractivity contribution in [3.05, 3.63) is 136 Å². The number of oxazole rings is 1. The molecule has 0 aliphatic carbocycles. The highest BCUT2D eigenvalue weighted by molar-refractivity contribution is 6.18. The molecule has 9 aliphatic heterocycles. The molecular weight excluding hydrogens is 1220 g/mol. The standard InChI is InChI=1S/C25H30N2O3.C24H27N3O2.C20H22N2O2.C4H9NO2.C2H6.2CH4.ClH/c1-4-25-11-7-12-26-13-10-18-17-8-5-6-9-19(17)27(22(18)23(25)26)20(15-25)21(28)14-16(2)24(29)30-3;1-4-24-11-7-12-26-13-10-17-16-8-5-6-9-18(16)27(20(17)21(24)26)19(14-24)22-25-15(2)23(28-3)29-22;1-2-20-9-5-10-21-11-8-14-13-6-3-4-7-15(13)22(17(14)18(20)21)16(12-20)19(23)24;1-3(5)4(6)7-2;1-2;;;/h5-6,8-9,15-16,23H,4,7,10-14H2,1-3H3;5-6,8-9,14,21H,4,7,10-13H2,1-3H3;3-4,6-7,12,18H,2,5,8-11H2,1H3,(H,23,24);3H,5H2,1-2H3;1-2H3;2*1H4;1H/t16-,23-,25+;21-,24+;18-,20+;3-;;;;/m1110..../s1/i;;;;1D;;;. The van der Waals surface area contributed by atoms with E-state index in [1.54, 1.807) is 27.9 Å². The first kappa shape index (κ1) is 70.5. The summed E-state index contributed by atoms with van der Waals surface area (Å²) in [5.41, 5.74) is 20.0. The maximum absolute atomic E-state index is 13.6. The number of halogens is 1. The average Bonchev–Trinajstić information content (AvgIpc) is 1.50. The number of ether oxygens (including phenoxy) is 3. The Kier molecular flexibility index (Phi) is 21.4. The number of carbonyl (C=O) groups is 4. The number of para-hydroxylation sites is 3. The van der Waals surface area contributed by atoms with Gasteiger partial charge in [0.05, 0.1) is 67.6 Å². The minimum absolute atomic E-state index is 0. The Labute approximate surface area is 569 Å². The highest BCUT2D eigenvalue weighted by Crippen LogP contribution is 2.61. The van der Waals surface area contributed by atoms with E-state index in [-0.39, 0.29) is 67.6 Å². The van der Waals surface area contributed by atoms with Gasteiger partial charge in [-0.05, 0) is 164 Å². The summed E-state index contributed by atoms with van der Waals surface area (Å²) >= 11 is 0. The number of fused-ring (bicyclic) bond motifs is 9. The zero-order valence-electron chi connectivity index (χ0n) is 57.0. The van der Waals surface area contributed by atoms with Crippen molar-refractivity contribution in [1.29, 1.82) is 0 Å². The van der Waals surface area contributed by atoms with Crippen LogP contribution in [-0.4, -0.2) is 129 Å². The fraction of sp³-hybridized carbons (Fsp3) is 0.519. The van der Waals surface area contributed by atoms with Gasteiger partial charge in [0.2, 0.25) is 5.89 Å². The molecule has 3 N–H and O–H groups in total. The number of carboxylic acids is 1. The zero-order chi connectivity index (χ0) is 65.8. The molecule has 9 aliphatic rings. The van der Waals surface area contributed by atoms with E-state index >= 15 is 0 Å². The van der Waals surface area contributed by atoms with E-state index in [2.05, 4.69) is 134 Å². The fourth-order valence-corrected chi connectivity index (χ4v) is 17.9. The van der Waals surface area contributed by atoms with Gasteiger partial charge in [-0.3, -0.25) is 29.1 Å². The molecule has 0 bridgehead atoms. The Morgan fingerprint density at radius 2 is 1.02 bits per heavy atom. The topological polar surface area (TPSA) is 193 Å². The zero-order valence-corrected chi connectivity index (χ0v) is 56.8. The summed E-state index contributed by atoms with van der Waals surface area (Å²) in [6.45, 7) is 21.2. The lowest BCUT2D eigenvalue weighted by Crippen LogP contribution is -2.51. The van der Waals surface area contributed by atoms with E-state index in [0.717, 1.165) is 125 Å². The first-order valence-electron chi connectivity index (χ1n) is 34.4. The molecule has 0 spiro atoms. The number of Topliss-reactive ketones (excluding diaryl/α,β-unsaturated/α-hetero) is 1. The van der Waals surface area contributed by atoms with E-state index < -0.39 is 17.9 Å². The number of piperidine rings is 3. The van der Waals surface area contributed by atoms with Crippen LogP contribution in [0.1, 0.15) is 192 Å². The first-order chi connectivity index (χ1) is 44.9. The van der Waals surface area contributed by atoms with Gasteiger partial charge in [-0.2, -0.15) is 0 Å². The normalized spacial score (nSPS) is 24.5. The number of carbonyl (C=O) groups excluding carboxylic acids is 3. The van der Waals surface area contributed by atoms with Gasteiger partial charge in [0.15, 0.2) is 5.78 Å². The summed E-state index contributed by atoms with van der Waals surface area (Å²) in [4.78, 5) is 60.5. The molecular formula is C77H103ClN8O9. The molecule has 8 atom stereocenters. The van der Waals surface area contributed by atoms with Crippen LogP contribution in [-0.2, 0) is 47.9 Å². The summed E-state index contributed by atoms with van der Waals surface area (Å²) in [7, 11) is 4.33. The van der Waals surface area contributed by atoms with Crippen molar-refractivity contribution in [2.24, 2.45) is 27.9 Å². The van der Waals surface area contributed by atoms with Gasteiger partial charge in [0.25, 0.3) is 0 Å². The number of ketones is 1. The van der Waals surface area contributed by atoms with Crippen molar-refractivity contribution in [3.8, 4) is 5.95 Å². The highest BCUT2D eigenvalue weighted by atomic mass is 35.5. The maximum Gasteiger partial charge on any atom is 0.352 e. The van der Waals surface area contributed by atoms with Crippen molar-refractivity contribution >= 4 is 85.9 Å². The lowest BCUT2D eigenvalue weighted by atomic mass is 9.66. The van der Waals surface area contributed by atoms with Crippen molar-refractivity contribution in [1.82, 2.24) is 33.4 Å². The monoisotopic (exact) mass is 1320 g/mol. The van der Waals surface area contributed by atoms with Crippen LogP contribution < -0.4 is 10.5 Å². The Morgan fingerprint density at radius 1 is 0.632 bits per heavy atom. The second kappa shape index (κ2) is 28.8.